The van der Waals surface area contributed by atoms with Crippen LogP contribution in [0.3, 0.4) is 0 Å². The number of carbonyl (C=O) groups excluding carboxylic acids is 1. The molecule has 0 aromatic heterocycles. The zero-order chi connectivity index (χ0) is 42.5. The first-order chi connectivity index (χ1) is 26.0. The summed E-state index contributed by atoms with van der Waals surface area (Å²) in [5.41, 5.74) is -4.52. The molecule has 3 aliphatic rings. The molecule has 3 rings (SSSR count). The number of aliphatic hydroxyl groups is 5. The van der Waals surface area contributed by atoms with Crippen molar-refractivity contribution in [3.8, 4) is 0 Å². The van der Waals surface area contributed by atoms with E-state index in [-0.39, 0.29) is 37.3 Å². The van der Waals surface area contributed by atoms with Gasteiger partial charge in [-0.05, 0) is 93.8 Å². The van der Waals surface area contributed by atoms with Crippen LogP contribution >= 0.6 is 0 Å². The second-order valence-electron chi connectivity index (χ2n) is 18.0. The van der Waals surface area contributed by atoms with E-state index in [1.807, 2.05) is 46.7 Å². The minimum absolute atomic E-state index is 0.123. The van der Waals surface area contributed by atoms with Crippen LogP contribution in [0.5, 0.6) is 0 Å². The molecule has 19 atom stereocenters. The monoisotopic (exact) mass is 807 g/mol. The maximum atomic E-state index is 14.3. The van der Waals surface area contributed by atoms with E-state index in [1.54, 1.807) is 41.7 Å². The molecule has 15 heteroatoms. The van der Waals surface area contributed by atoms with Crippen LogP contribution in [0.4, 0.5) is 0 Å². The van der Waals surface area contributed by atoms with E-state index in [9.17, 15) is 30.3 Å². The van der Waals surface area contributed by atoms with Gasteiger partial charge in [-0.2, -0.15) is 0 Å². The summed E-state index contributed by atoms with van der Waals surface area (Å²) in [5, 5.41) is 62.8. The first kappa shape index (κ1) is 49.3. The van der Waals surface area contributed by atoms with Crippen molar-refractivity contribution in [3.63, 3.8) is 0 Å². The Balaban J connectivity index is 2.21. The standard InChI is InChI=1S/C41H78N2O13/c1-15-29-41(10,49)34(45)24(4)31(42-17-16-18-50-13)22(2)20-39(8,48)36(56-38-32(44)28(43(11)12)19-23(3)52-38)25(5)33(26(6)37(47)54-29)55-30-21-40(9,51-14)35(46)27(7)53-30/h22-36,38,42,44-46,48-49H,15-21H2,1-14H3/t22-,23?,24+,25+,26-,27?,28?,29-,30?,31+,32?,33+,34-,35?,36-,38?,39-,40?,41-/m1/s1. The lowest BCUT2D eigenvalue weighted by Crippen LogP contribution is -2.62. The molecule has 3 saturated heterocycles. The summed E-state index contributed by atoms with van der Waals surface area (Å²) < 4.78 is 43.1. The van der Waals surface area contributed by atoms with Crippen molar-refractivity contribution < 1.29 is 63.5 Å². The number of ether oxygens (including phenoxy) is 7. The molecule has 6 N–H and O–H groups in total. The number of nitrogens with one attached hydrogen (secondary N) is 1. The molecule has 15 nitrogen and oxygen atoms in total. The highest BCUT2D eigenvalue weighted by atomic mass is 16.7. The molecule has 3 heterocycles. The van der Waals surface area contributed by atoms with Gasteiger partial charge >= 0.3 is 5.97 Å². The quantitative estimate of drug-likeness (QED) is 0.124. The predicted octanol–water partition coefficient (Wildman–Crippen LogP) is 2.21. The SMILES string of the molecule is CC[C@H]1OC(=O)[C@H](C)[C@@H](OC2CC(C)(OC)C(O)C(C)O2)[C@H](C)[C@@H](OC2OC(C)CC(N(C)C)C2O)[C@](C)(O)C[C@@H](C)[C@H](NCCCOC)[C@H](C)[C@@H](O)[C@]1(C)O. The zero-order valence-corrected chi connectivity index (χ0v) is 36.6. The number of rotatable bonds is 12. The molecule has 330 valence electrons. The Morgan fingerprint density at radius 3 is 2.12 bits per heavy atom. The van der Waals surface area contributed by atoms with Crippen molar-refractivity contribution >= 4 is 5.97 Å². The smallest absolute Gasteiger partial charge is 0.311 e. The maximum Gasteiger partial charge on any atom is 0.311 e. The van der Waals surface area contributed by atoms with Gasteiger partial charge in [-0.1, -0.05) is 27.7 Å². The first-order valence-corrected chi connectivity index (χ1v) is 20.7. The van der Waals surface area contributed by atoms with Gasteiger partial charge in [0.25, 0.3) is 0 Å². The van der Waals surface area contributed by atoms with Crippen molar-refractivity contribution in [1.29, 1.82) is 0 Å². The minimum Gasteiger partial charge on any atom is -0.459 e. The molecule has 0 aromatic rings. The molecular weight excluding hydrogens is 728 g/mol. The van der Waals surface area contributed by atoms with E-state index in [2.05, 4.69) is 5.32 Å². The minimum atomic E-state index is -1.84. The molecule has 8 unspecified atom stereocenters. The second kappa shape index (κ2) is 20.5. The van der Waals surface area contributed by atoms with Crippen LogP contribution in [0.1, 0.15) is 101 Å². The van der Waals surface area contributed by atoms with Gasteiger partial charge in [0, 0.05) is 51.2 Å². The molecule has 0 amide bonds. The summed E-state index contributed by atoms with van der Waals surface area (Å²) in [6.07, 6.45) is -7.88. The number of esters is 1. The topological polar surface area (TPSA) is 198 Å². The van der Waals surface area contributed by atoms with Crippen molar-refractivity contribution in [1.82, 2.24) is 10.2 Å². The summed E-state index contributed by atoms with van der Waals surface area (Å²) in [4.78, 5) is 16.2. The van der Waals surface area contributed by atoms with Gasteiger partial charge in [0.15, 0.2) is 12.6 Å². The fourth-order valence-electron chi connectivity index (χ4n) is 9.48. The Hall–Kier alpha value is -1.05. The fraction of sp³-hybridized carbons (Fsp3) is 0.976. The number of cyclic esters (lactones) is 1. The molecule has 0 aliphatic carbocycles. The molecule has 3 fully saturated rings. The van der Waals surface area contributed by atoms with Crippen LogP contribution in [-0.4, -0.2) is 168 Å². The van der Waals surface area contributed by atoms with Crippen LogP contribution in [0.15, 0.2) is 0 Å². The lowest BCUT2D eigenvalue weighted by atomic mass is 9.72. The van der Waals surface area contributed by atoms with Gasteiger partial charge in [0.2, 0.25) is 0 Å². The average Bonchev–Trinajstić information content (AvgIpc) is 3.12. The van der Waals surface area contributed by atoms with Crippen LogP contribution in [-0.2, 0) is 38.0 Å². The average molecular weight is 807 g/mol. The summed E-state index contributed by atoms with van der Waals surface area (Å²) >= 11 is 0. The summed E-state index contributed by atoms with van der Waals surface area (Å²) in [6.45, 7) is 18.7. The molecule has 0 saturated carbocycles. The number of likely N-dealkylation sites (N-methyl/N-ethyl adjacent to an activating group) is 1. The zero-order valence-electron chi connectivity index (χ0n) is 36.6. The third kappa shape index (κ3) is 11.4. The summed E-state index contributed by atoms with van der Waals surface area (Å²) in [7, 11) is 6.90. The lowest BCUT2D eigenvalue weighted by molar-refractivity contribution is -0.318. The Morgan fingerprint density at radius 1 is 0.911 bits per heavy atom. The largest absolute Gasteiger partial charge is 0.459 e. The molecule has 56 heavy (non-hydrogen) atoms. The van der Waals surface area contributed by atoms with Gasteiger partial charge in [-0.15, -0.1) is 0 Å². The van der Waals surface area contributed by atoms with Gasteiger partial charge in [0.1, 0.15) is 23.9 Å². The predicted molar refractivity (Wildman–Crippen MR) is 210 cm³/mol. The second-order valence-corrected chi connectivity index (χ2v) is 18.0. The molecule has 0 radical (unpaired) electrons. The molecule has 0 bridgehead atoms. The number of carbonyl (C=O) groups is 1. The normalized spacial score (nSPS) is 47.7. The third-order valence-corrected chi connectivity index (χ3v) is 13.0. The van der Waals surface area contributed by atoms with Gasteiger partial charge in [0.05, 0.1) is 47.6 Å². The lowest BCUT2D eigenvalue weighted by Gasteiger charge is -2.49. The summed E-state index contributed by atoms with van der Waals surface area (Å²) in [5.74, 6) is -3.37. The Morgan fingerprint density at radius 2 is 1.55 bits per heavy atom. The highest BCUT2D eigenvalue weighted by molar-refractivity contribution is 5.73. The van der Waals surface area contributed by atoms with Crippen LogP contribution in [0.2, 0.25) is 0 Å². The van der Waals surface area contributed by atoms with Crippen LogP contribution in [0.25, 0.3) is 0 Å². The van der Waals surface area contributed by atoms with E-state index in [4.69, 9.17) is 33.2 Å². The van der Waals surface area contributed by atoms with Crippen LogP contribution in [0, 0.1) is 23.7 Å². The van der Waals surface area contributed by atoms with Crippen molar-refractivity contribution in [2.75, 3.05) is 41.5 Å². The van der Waals surface area contributed by atoms with E-state index in [1.165, 1.54) is 14.0 Å². The molecule has 0 aromatic carbocycles. The number of methoxy groups -OCH3 is 2. The van der Waals surface area contributed by atoms with E-state index in [0.29, 0.717) is 26.0 Å². The van der Waals surface area contributed by atoms with E-state index >= 15 is 0 Å². The van der Waals surface area contributed by atoms with E-state index in [0.717, 1.165) is 0 Å². The van der Waals surface area contributed by atoms with Gasteiger partial charge < -0.3 is 68.9 Å². The number of aliphatic hydroxyl groups excluding tert-OH is 3. The van der Waals surface area contributed by atoms with Crippen molar-refractivity contribution in [2.24, 2.45) is 23.7 Å². The third-order valence-electron chi connectivity index (χ3n) is 13.0. The van der Waals surface area contributed by atoms with Gasteiger partial charge in [-0.3, -0.25) is 4.79 Å². The first-order valence-electron chi connectivity index (χ1n) is 20.7. The molecule has 3 aliphatic heterocycles. The highest BCUT2D eigenvalue weighted by Crippen LogP contribution is 2.41. The Kier molecular flexibility index (Phi) is 18.0. The Bertz CT molecular complexity index is 1210. The van der Waals surface area contributed by atoms with E-state index < -0.39 is 102 Å². The maximum absolute atomic E-state index is 14.3. The Labute approximate surface area is 336 Å². The van der Waals surface area contributed by atoms with Crippen molar-refractivity contribution in [2.45, 2.75) is 192 Å². The summed E-state index contributed by atoms with van der Waals surface area (Å²) in [6, 6.07) is -0.720. The van der Waals surface area contributed by atoms with Crippen molar-refractivity contribution in [3.05, 3.63) is 0 Å². The molecular formula is C41H78N2O13. The fourth-order valence-corrected chi connectivity index (χ4v) is 9.48. The number of hydrogen-bond acceptors (Lipinski definition) is 15. The molecule has 0 spiro atoms. The number of hydrogen-bond donors (Lipinski definition) is 6. The van der Waals surface area contributed by atoms with Gasteiger partial charge in [-0.25, -0.2) is 0 Å². The number of nitrogens with zero attached hydrogens (tertiary/aromatic N) is 1. The van der Waals surface area contributed by atoms with Crippen LogP contribution < -0.4 is 5.32 Å². The highest BCUT2D eigenvalue weighted by Gasteiger charge is 2.53.